The van der Waals surface area contributed by atoms with E-state index in [4.69, 9.17) is 4.74 Å². The van der Waals surface area contributed by atoms with Gasteiger partial charge in [-0.05, 0) is 38.8 Å². The van der Waals surface area contributed by atoms with Gasteiger partial charge in [-0.3, -0.25) is 0 Å². The summed E-state index contributed by atoms with van der Waals surface area (Å²) in [6.07, 6.45) is 2.22. The monoisotopic (exact) mass is 247 g/mol. The highest BCUT2D eigenvalue weighted by Crippen LogP contribution is 2.10. The van der Waals surface area contributed by atoms with Crippen LogP contribution >= 0.6 is 0 Å². The van der Waals surface area contributed by atoms with Crippen LogP contribution in [0.1, 0.15) is 38.8 Å². The highest BCUT2D eigenvalue weighted by molar-refractivity contribution is 5.53. The molecule has 18 heavy (non-hydrogen) atoms. The molecule has 100 valence electrons. The molecule has 1 rings (SSSR count). The zero-order chi connectivity index (χ0) is 13.6. The Labute approximate surface area is 111 Å². The molecule has 1 aromatic carbocycles. The highest BCUT2D eigenvalue weighted by atomic mass is 16.5. The van der Waals surface area contributed by atoms with E-state index < -0.39 is 0 Å². The number of hydrogen-bond donors (Lipinski definition) is 1. The van der Waals surface area contributed by atoms with Gasteiger partial charge < -0.3 is 10.1 Å². The Bertz CT molecular complexity index is 385. The van der Waals surface area contributed by atoms with Crippen LogP contribution in [-0.4, -0.2) is 19.2 Å². The Balaban J connectivity index is 2.59. The molecule has 0 amide bonds. The molecule has 0 atom stereocenters. The van der Waals surface area contributed by atoms with Crippen LogP contribution in [0.5, 0.6) is 0 Å². The minimum absolute atomic E-state index is 0.164. The summed E-state index contributed by atoms with van der Waals surface area (Å²) in [7, 11) is 1.72. The van der Waals surface area contributed by atoms with Crippen LogP contribution in [0.3, 0.4) is 0 Å². The predicted octanol–water partition coefficient (Wildman–Crippen LogP) is 3.62. The fourth-order valence-electron chi connectivity index (χ4n) is 1.62. The van der Waals surface area contributed by atoms with Gasteiger partial charge in [-0.1, -0.05) is 35.9 Å². The summed E-state index contributed by atoms with van der Waals surface area (Å²) in [5.74, 6) is 0. The normalized spacial score (nSPS) is 12.8. The van der Waals surface area contributed by atoms with Gasteiger partial charge in [-0.25, -0.2) is 0 Å². The van der Waals surface area contributed by atoms with Crippen molar-refractivity contribution in [2.24, 2.45) is 0 Å². The van der Waals surface area contributed by atoms with Gasteiger partial charge in [0.1, 0.15) is 0 Å². The van der Waals surface area contributed by atoms with Crippen molar-refractivity contribution in [2.75, 3.05) is 13.7 Å². The number of ether oxygens (including phenoxy) is 1. The Hall–Kier alpha value is -1.12. The maximum atomic E-state index is 5.10. The van der Waals surface area contributed by atoms with Crippen molar-refractivity contribution < 1.29 is 4.74 Å². The largest absolute Gasteiger partial charge is 0.380 e. The summed E-state index contributed by atoms with van der Waals surface area (Å²) in [5, 5.41) is 3.49. The first-order chi connectivity index (χ1) is 8.40. The van der Waals surface area contributed by atoms with Crippen LogP contribution in [0.15, 0.2) is 29.8 Å². The van der Waals surface area contributed by atoms with Crippen molar-refractivity contribution in [3.05, 3.63) is 41.0 Å². The second kappa shape index (κ2) is 6.72. The van der Waals surface area contributed by atoms with Crippen molar-refractivity contribution in [3.8, 4) is 0 Å². The molecule has 0 saturated heterocycles. The van der Waals surface area contributed by atoms with E-state index in [0.717, 1.165) is 6.54 Å². The van der Waals surface area contributed by atoms with E-state index in [1.54, 1.807) is 7.11 Å². The fraction of sp³-hybridized carbons (Fsp3) is 0.500. The van der Waals surface area contributed by atoms with E-state index in [1.807, 2.05) is 0 Å². The standard InChI is InChI=1S/C16H25NO/c1-13(11-17-16(2,3)4)10-14-6-8-15(9-7-14)12-18-5/h6-10,17H,11-12H2,1-5H3. The average Bonchev–Trinajstić information content (AvgIpc) is 2.29. The quantitative estimate of drug-likeness (QED) is 0.858. The van der Waals surface area contributed by atoms with Crippen molar-refractivity contribution >= 4 is 6.08 Å². The van der Waals surface area contributed by atoms with Crippen LogP contribution in [0.25, 0.3) is 6.08 Å². The fourth-order valence-corrected chi connectivity index (χ4v) is 1.62. The third-order valence-corrected chi connectivity index (χ3v) is 2.60. The molecule has 0 saturated carbocycles. The number of nitrogens with one attached hydrogen (secondary N) is 1. The zero-order valence-electron chi connectivity index (χ0n) is 12.2. The third-order valence-electron chi connectivity index (χ3n) is 2.60. The van der Waals surface area contributed by atoms with Crippen LogP contribution in [-0.2, 0) is 11.3 Å². The van der Waals surface area contributed by atoms with E-state index in [1.165, 1.54) is 16.7 Å². The van der Waals surface area contributed by atoms with Gasteiger partial charge >= 0.3 is 0 Å². The summed E-state index contributed by atoms with van der Waals surface area (Å²) >= 11 is 0. The second-order valence-corrected chi connectivity index (χ2v) is 5.77. The molecule has 2 nitrogen and oxygen atoms in total. The lowest BCUT2D eigenvalue weighted by atomic mass is 10.1. The Kier molecular flexibility index (Phi) is 5.57. The van der Waals surface area contributed by atoms with E-state index in [2.05, 4.69) is 63.4 Å². The molecule has 0 aliphatic carbocycles. The molecule has 0 radical (unpaired) electrons. The van der Waals surface area contributed by atoms with Crippen molar-refractivity contribution in [1.82, 2.24) is 5.32 Å². The van der Waals surface area contributed by atoms with Crippen LogP contribution in [0.4, 0.5) is 0 Å². The summed E-state index contributed by atoms with van der Waals surface area (Å²) < 4.78 is 5.10. The van der Waals surface area contributed by atoms with Crippen LogP contribution in [0, 0.1) is 0 Å². The smallest absolute Gasteiger partial charge is 0.0713 e. The lowest BCUT2D eigenvalue weighted by Crippen LogP contribution is -2.36. The minimum Gasteiger partial charge on any atom is -0.380 e. The van der Waals surface area contributed by atoms with Gasteiger partial charge in [0.15, 0.2) is 0 Å². The summed E-state index contributed by atoms with van der Waals surface area (Å²) in [4.78, 5) is 0. The minimum atomic E-state index is 0.164. The molecule has 0 aliphatic heterocycles. The predicted molar refractivity (Wildman–Crippen MR) is 78.6 cm³/mol. The SMILES string of the molecule is COCc1ccc(C=C(C)CNC(C)(C)C)cc1. The molecule has 1 N–H and O–H groups in total. The van der Waals surface area contributed by atoms with E-state index in [9.17, 15) is 0 Å². The summed E-state index contributed by atoms with van der Waals surface area (Å²) in [5.41, 5.74) is 3.95. The lowest BCUT2D eigenvalue weighted by molar-refractivity contribution is 0.185. The molecular weight excluding hydrogens is 222 g/mol. The average molecular weight is 247 g/mol. The molecular formula is C16H25NO. The van der Waals surface area contributed by atoms with E-state index >= 15 is 0 Å². The number of methoxy groups -OCH3 is 1. The first-order valence-corrected chi connectivity index (χ1v) is 6.41. The first-order valence-electron chi connectivity index (χ1n) is 6.41. The van der Waals surface area contributed by atoms with Gasteiger partial charge in [0.05, 0.1) is 6.61 Å². The second-order valence-electron chi connectivity index (χ2n) is 5.77. The Morgan fingerprint density at radius 2 is 1.83 bits per heavy atom. The van der Waals surface area contributed by atoms with Gasteiger partial charge in [0.25, 0.3) is 0 Å². The first kappa shape index (κ1) is 14.9. The molecule has 0 fully saturated rings. The molecule has 2 heteroatoms. The number of benzene rings is 1. The molecule has 0 unspecified atom stereocenters. The van der Waals surface area contributed by atoms with Crippen molar-refractivity contribution in [3.63, 3.8) is 0 Å². The number of rotatable bonds is 5. The zero-order valence-corrected chi connectivity index (χ0v) is 12.2. The summed E-state index contributed by atoms with van der Waals surface area (Å²) in [6, 6.07) is 8.49. The van der Waals surface area contributed by atoms with Gasteiger partial charge in [-0.2, -0.15) is 0 Å². The molecule has 0 aliphatic rings. The van der Waals surface area contributed by atoms with Crippen LogP contribution < -0.4 is 5.32 Å². The Morgan fingerprint density at radius 1 is 1.22 bits per heavy atom. The van der Waals surface area contributed by atoms with Crippen LogP contribution in [0.2, 0.25) is 0 Å². The highest BCUT2D eigenvalue weighted by Gasteiger charge is 2.07. The molecule has 1 aromatic rings. The Morgan fingerprint density at radius 3 is 2.33 bits per heavy atom. The maximum Gasteiger partial charge on any atom is 0.0713 e. The number of hydrogen-bond acceptors (Lipinski definition) is 2. The van der Waals surface area contributed by atoms with Gasteiger partial charge in [0.2, 0.25) is 0 Å². The third kappa shape index (κ3) is 5.99. The van der Waals surface area contributed by atoms with Gasteiger partial charge in [0, 0.05) is 19.2 Å². The molecule has 0 aromatic heterocycles. The van der Waals surface area contributed by atoms with Crippen molar-refractivity contribution in [2.45, 2.75) is 39.8 Å². The summed E-state index contributed by atoms with van der Waals surface area (Å²) in [6.45, 7) is 10.3. The maximum absolute atomic E-state index is 5.10. The van der Waals surface area contributed by atoms with Crippen molar-refractivity contribution in [1.29, 1.82) is 0 Å². The van der Waals surface area contributed by atoms with E-state index in [0.29, 0.717) is 6.61 Å². The molecule has 0 spiro atoms. The molecule has 0 bridgehead atoms. The lowest BCUT2D eigenvalue weighted by Gasteiger charge is -2.20. The molecule has 0 heterocycles. The van der Waals surface area contributed by atoms with Gasteiger partial charge in [-0.15, -0.1) is 0 Å². The topological polar surface area (TPSA) is 21.3 Å². The van der Waals surface area contributed by atoms with E-state index in [-0.39, 0.29) is 5.54 Å².